The first-order chi connectivity index (χ1) is 15.0. The van der Waals surface area contributed by atoms with Crippen LogP contribution in [0.15, 0.2) is 46.8 Å². The number of anilines is 1. The van der Waals surface area contributed by atoms with Crippen molar-refractivity contribution in [3.63, 3.8) is 0 Å². The van der Waals surface area contributed by atoms with E-state index in [2.05, 4.69) is 20.2 Å². The highest BCUT2D eigenvalue weighted by molar-refractivity contribution is 7.91. The summed E-state index contributed by atoms with van der Waals surface area (Å²) >= 11 is 0.802. The summed E-state index contributed by atoms with van der Waals surface area (Å²) in [7, 11) is -3.96. The van der Waals surface area contributed by atoms with Crippen LogP contribution in [0.1, 0.15) is 53.4 Å². The fraction of sp³-hybridized carbons (Fsp3) is 0.318. The maximum Gasteiger partial charge on any atom is 0.270 e. The van der Waals surface area contributed by atoms with Gasteiger partial charge in [0, 0.05) is 17.5 Å². The molecule has 3 aromatic rings. The third-order valence-electron chi connectivity index (χ3n) is 5.09. The van der Waals surface area contributed by atoms with E-state index in [4.69, 9.17) is 4.74 Å². The molecular formula is C22H24N4O4S2. The van der Waals surface area contributed by atoms with E-state index in [0.29, 0.717) is 17.7 Å². The van der Waals surface area contributed by atoms with Crippen molar-refractivity contribution in [1.82, 2.24) is 14.9 Å². The van der Waals surface area contributed by atoms with Gasteiger partial charge in [-0.2, -0.15) is 0 Å². The van der Waals surface area contributed by atoms with Crippen molar-refractivity contribution in [2.45, 2.75) is 50.1 Å². The molecule has 0 spiro atoms. The Morgan fingerprint density at radius 2 is 1.78 bits per heavy atom. The van der Waals surface area contributed by atoms with E-state index >= 15 is 0 Å². The summed E-state index contributed by atoms with van der Waals surface area (Å²) in [5.41, 5.74) is 2.74. The molecule has 1 unspecified atom stereocenters. The van der Waals surface area contributed by atoms with E-state index in [-0.39, 0.29) is 15.4 Å². The summed E-state index contributed by atoms with van der Waals surface area (Å²) in [5.74, 6) is 0.283. The third kappa shape index (κ3) is 4.82. The van der Waals surface area contributed by atoms with Gasteiger partial charge in [0.2, 0.25) is 9.47 Å². The van der Waals surface area contributed by atoms with Gasteiger partial charge in [-0.25, -0.2) is 13.1 Å². The Morgan fingerprint density at radius 1 is 1.09 bits per heavy atom. The smallest absolute Gasteiger partial charge is 0.270 e. The lowest BCUT2D eigenvalue weighted by molar-refractivity contribution is 0.0701. The molecule has 0 fully saturated rings. The summed E-state index contributed by atoms with van der Waals surface area (Å²) < 4.78 is 34.6. The lowest BCUT2D eigenvalue weighted by atomic mass is 9.90. The molecule has 0 aliphatic carbocycles. The molecule has 1 aliphatic rings. The number of nitrogens with zero attached hydrogens (tertiary/aromatic N) is 2. The molecule has 1 atom stereocenters. The first kappa shape index (κ1) is 22.4. The van der Waals surface area contributed by atoms with Crippen LogP contribution in [0.5, 0.6) is 5.75 Å². The van der Waals surface area contributed by atoms with Crippen molar-refractivity contribution in [2.24, 2.45) is 0 Å². The molecule has 0 saturated carbocycles. The van der Waals surface area contributed by atoms with Crippen LogP contribution in [-0.4, -0.2) is 30.1 Å². The Kier molecular flexibility index (Phi) is 5.78. The minimum atomic E-state index is -3.96. The lowest BCUT2D eigenvalue weighted by Gasteiger charge is -2.37. The number of carbonyl (C=O) groups excluding carboxylic acids is 1. The minimum absolute atomic E-state index is 0.110. The number of carbonyl (C=O) groups is 1. The average molecular weight is 473 g/mol. The number of hydrogen-bond acceptors (Lipinski definition) is 7. The van der Waals surface area contributed by atoms with E-state index in [1.54, 1.807) is 12.1 Å². The molecule has 0 bridgehead atoms. The van der Waals surface area contributed by atoms with E-state index in [1.165, 1.54) is 0 Å². The number of aromatic nitrogens is 2. The fourth-order valence-electron chi connectivity index (χ4n) is 3.54. The predicted octanol–water partition coefficient (Wildman–Crippen LogP) is 3.99. The van der Waals surface area contributed by atoms with Crippen LogP contribution >= 0.6 is 11.3 Å². The second-order valence-corrected chi connectivity index (χ2v) is 11.3. The summed E-state index contributed by atoms with van der Waals surface area (Å²) in [6.45, 7) is 7.72. The highest BCUT2D eigenvalue weighted by Gasteiger charge is 2.37. The maximum atomic E-state index is 13.0. The quantitative estimate of drug-likeness (QED) is 0.544. The van der Waals surface area contributed by atoms with Crippen LogP contribution in [0.4, 0.5) is 5.13 Å². The standard InChI is InChI=1S/C22H24N4O4S2/c1-13-5-8-15(9-6-13)19(27)23-20-24-25-21(31-20)32(28,29)26-17-12-22(3,4)30-18-11-14(2)7-10-16(17)18/h5-11,17,26H,12H2,1-4H3,(H,23,24,27). The molecule has 0 radical (unpaired) electrons. The van der Waals surface area contributed by atoms with Gasteiger partial charge in [-0.1, -0.05) is 41.2 Å². The van der Waals surface area contributed by atoms with E-state index in [1.807, 2.05) is 58.0 Å². The summed E-state index contributed by atoms with van der Waals surface area (Å²) in [6.07, 6.45) is 0.456. The van der Waals surface area contributed by atoms with Gasteiger partial charge >= 0.3 is 0 Å². The van der Waals surface area contributed by atoms with Crippen LogP contribution < -0.4 is 14.8 Å². The molecule has 1 aliphatic heterocycles. The van der Waals surface area contributed by atoms with Crippen molar-refractivity contribution in [2.75, 3.05) is 5.32 Å². The second-order valence-electron chi connectivity index (χ2n) is 8.47. The molecular weight excluding hydrogens is 448 g/mol. The molecule has 4 rings (SSSR count). The van der Waals surface area contributed by atoms with Gasteiger partial charge in [0.05, 0.1) is 6.04 Å². The Morgan fingerprint density at radius 3 is 2.50 bits per heavy atom. The van der Waals surface area contributed by atoms with Crippen molar-refractivity contribution >= 4 is 32.4 Å². The second kappa shape index (κ2) is 8.27. The summed E-state index contributed by atoms with van der Waals surface area (Å²) in [4.78, 5) is 12.4. The number of ether oxygens (including phenoxy) is 1. The van der Waals surface area contributed by atoms with Crippen LogP contribution in [0, 0.1) is 13.8 Å². The highest BCUT2D eigenvalue weighted by atomic mass is 32.2. The van der Waals surface area contributed by atoms with Crippen LogP contribution in [0.3, 0.4) is 0 Å². The zero-order chi connectivity index (χ0) is 23.1. The molecule has 1 amide bonds. The molecule has 1 aromatic heterocycles. The fourth-order valence-corrected chi connectivity index (χ4v) is 5.67. The van der Waals surface area contributed by atoms with Gasteiger partial charge < -0.3 is 4.74 Å². The molecule has 2 N–H and O–H groups in total. The van der Waals surface area contributed by atoms with E-state index < -0.39 is 21.7 Å². The first-order valence-corrected chi connectivity index (χ1v) is 12.4. The lowest BCUT2D eigenvalue weighted by Crippen LogP contribution is -2.41. The van der Waals surface area contributed by atoms with E-state index in [0.717, 1.165) is 28.0 Å². The normalized spacial score (nSPS) is 17.3. The topological polar surface area (TPSA) is 110 Å². The van der Waals surface area contributed by atoms with Crippen molar-refractivity contribution in [3.05, 3.63) is 64.7 Å². The van der Waals surface area contributed by atoms with Crippen LogP contribution in [-0.2, 0) is 10.0 Å². The average Bonchev–Trinajstić information content (AvgIpc) is 3.16. The maximum absolute atomic E-state index is 13.0. The third-order valence-corrected chi connectivity index (χ3v) is 7.77. The number of amides is 1. The Bertz CT molecular complexity index is 1270. The number of rotatable bonds is 5. The number of sulfonamides is 1. The number of fused-ring (bicyclic) bond motifs is 1. The van der Waals surface area contributed by atoms with Gasteiger partial charge in [0.15, 0.2) is 0 Å². The SMILES string of the molecule is Cc1ccc(C(=O)Nc2nnc(S(=O)(=O)NC3CC(C)(C)Oc4cc(C)ccc43)s2)cc1. The monoisotopic (exact) mass is 472 g/mol. The number of nitrogens with one attached hydrogen (secondary N) is 2. The molecule has 0 saturated heterocycles. The van der Waals surface area contributed by atoms with Crippen molar-refractivity contribution in [1.29, 1.82) is 0 Å². The first-order valence-electron chi connectivity index (χ1n) is 10.1. The Labute approximate surface area is 191 Å². The summed E-state index contributed by atoms with van der Waals surface area (Å²) in [5, 5.41) is 10.3. The van der Waals surface area contributed by atoms with E-state index in [9.17, 15) is 13.2 Å². The highest BCUT2D eigenvalue weighted by Crippen LogP contribution is 2.40. The summed E-state index contributed by atoms with van der Waals surface area (Å²) in [6, 6.07) is 12.3. The van der Waals surface area contributed by atoms with Gasteiger partial charge in [0.1, 0.15) is 11.4 Å². The molecule has 2 heterocycles. The minimum Gasteiger partial charge on any atom is -0.487 e. The number of benzene rings is 2. The molecule has 10 heteroatoms. The zero-order valence-electron chi connectivity index (χ0n) is 18.2. The van der Waals surface area contributed by atoms with Gasteiger partial charge in [-0.05, 0) is 51.5 Å². The molecule has 32 heavy (non-hydrogen) atoms. The Hall–Kier alpha value is -2.82. The molecule has 2 aromatic carbocycles. The number of aryl methyl sites for hydroxylation is 2. The van der Waals surface area contributed by atoms with Crippen LogP contribution in [0.25, 0.3) is 0 Å². The Balaban J connectivity index is 1.53. The molecule has 8 nitrogen and oxygen atoms in total. The van der Waals surface area contributed by atoms with Gasteiger partial charge in [-0.15, -0.1) is 10.2 Å². The van der Waals surface area contributed by atoms with Crippen molar-refractivity contribution in [3.8, 4) is 5.75 Å². The zero-order valence-corrected chi connectivity index (χ0v) is 19.8. The van der Waals surface area contributed by atoms with Crippen molar-refractivity contribution < 1.29 is 17.9 Å². The number of hydrogen-bond donors (Lipinski definition) is 2. The van der Waals surface area contributed by atoms with Gasteiger partial charge in [0.25, 0.3) is 15.9 Å². The molecule has 168 valence electrons. The van der Waals surface area contributed by atoms with Crippen LogP contribution in [0.2, 0.25) is 0 Å². The van der Waals surface area contributed by atoms with Gasteiger partial charge in [-0.3, -0.25) is 10.1 Å². The predicted molar refractivity (Wildman–Crippen MR) is 123 cm³/mol. The largest absolute Gasteiger partial charge is 0.487 e.